The molecule has 0 radical (unpaired) electrons. The van der Waals surface area contributed by atoms with Crippen molar-refractivity contribution in [3.8, 4) is 0 Å². The Morgan fingerprint density at radius 2 is 2.00 bits per heavy atom. The number of benzene rings is 1. The first-order valence-electron chi connectivity index (χ1n) is 5.64. The van der Waals surface area contributed by atoms with Gasteiger partial charge in [0, 0.05) is 7.05 Å². The molecule has 1 rings (SSSR count). The van der Waals surface area contributed by atoms with Gasteiger partial charge in [0.15, 0.2) is 0 Å². The summed E-state index contributed by atoms with van der Waals surface area (Å²) in [5.74, 6) is 0. The maximum Gasteiger partial charge on any atom is 0.0674 e. The standard InChI is InChI=1S/C14H20N2/c1-5-11-16(4)15-14(6-2)13-9-7-12(3)8-10-13/h5,7-10H,1,6,11H2,2-4H3/b15-14+. The lowest BCUT2D eigenvalue weighted by atomic mass is 10.1. The molecule has 0 heterocycles. The highest BCUT2D eigenvalue weighted by molar-refractivity contribution is 6.00. The third-order valence-corrected chi connectivity index (χ3v) is 2.40. The number of hydrogen-bond acceptors (Lipinski definition) is 2. The number of aryl methyl sites for hydroxylation is 1. The molecule has 0 saturated heterocycles. The summed E-state index contributed by atoms with van der Waals surface area (Å²) in [4.78, 5) is 0. The van der Waals surface area contributed by atoms with Crippen molar-refractivity contribution in [1.82, 2.24) is 5.01 Å². The lowest BCUT2D eigenvalue weighted by Gasteiger charge is -2.13. The summed E-state index contributed by atoms with van der Waals surface area (Å²) < 4.78 is 0. The van der Waals surface area contributed by atoms with Gasteiger partial charge in [0.1, 0.15) is 0 Å². The van der Waals surface area contributed by atoms with Gasteiger partial charge in [0.2, 0.25) is 0 Å². The van der Waals surface area contributed by atoms with Crippen LogP contribution >= 0.6 is 0 Å². The minimum atomic E-state index is 0.773. The molecule has 0 aliphatic heterocycles. The van der Waals surface area contributed by atoms with Crippen LogP contribution in [-0.2, 0) is 0 Å². The smallest absolute Gasteiger partial charge is 0.0674 e. The van der Waals surface area contributed by atoms with E-state index in [4.69, 9.17) is 0 Å². The highest BCUT2D eigenvalue weighted by Crippen LogP contribution is 2.08. The first-order valence-corrected chi connectivity index (χ1v) is 5.64. The van der Waals surface area contributed by atoms with Gasteiger partial charge in [-0.3, -0.25) is 5.01 Å². The number of hydrazone groups is 1. The molecule has 2 heteroatoms. The molecule has 0 aromatic heterocycles. The van der Waals surface area contributed by atoms with E-state index in [1.807, 2.05) is 18.1 Å². The zero-order chi connectivity index (χ0) is 12.0. The Morgan fingerprint density at radius 1 is 1.38 bits per heavy atom. The summed E-state index contributed by atoms with van der Waals surface area (Å²) in [6, 6.07) is 8.49. The largest absolute Gasteiger partial charge is 0.296 e. The second kappa shape index (κ2) is 6.11. The summed E-state index contributed by atoms with van der Waals surface area (Å²) in [5.41, 5.74) is 3.59. The van der Waals surface area contributed by atoms with Gasteiger partial charge in [-0.05, 0) is 18.9 Å². The fourth-order valence-corrected chi connectivity index (χ4v) is 1.51. The van der Waals surface area contributed by atoms with E-state index >= 15 is 0 Å². The van der Waals surface area contributed by atoms with E-state index in [9.17, 15) is 0 Å². The third-order valence-electron chi connectivity index (χ3n) is 2.40. The molecule has 0 fully saturated rings. The highest BCUT2D eigenvalue weighted by atomic mass is 15.4. The lowest BCUT2D eigenvalue weighted by Crippen LogP contribution is -2.14. The molecule has 16 heavy (non-hydrogen) atoms. The molecule has 0 aliphatic carbocycles. The predicted octanol–water partition coefficient (Wildman–Crippen LogP) is 3.23. The first kappa shape index (κ1) is 12.5. The number of hydrogen-bond donors (Lipinski definition) is 0. The minimum absolute atomic E-state index is 0.773. The Hall–Kier alpha value is -1.57. The zero-order valence-corrected chi connectivity index (χ0v) is 10.4. The SMILES string of the molecule is C=CCN(C)/N=C(\CC)c1ccc(C)cc1. The number of likely N-dealkylation sites (N-methyl/N-ethyl adjacent to an activating group) is 1. The normalized spacial score (nSPS) is 11.3. The topological polar surface area (TPSA) is 15.6 Å². The van der Waals surface area contributed by atoms with Gasteiger partial charge in [0.05, 0.1) is 12.3 Å². The Labute approximate surface area is 98.3 Å². The molecular formula is C14H20N2. The molecule has 0 saturated carbocycles. The highest BCUT2D eigenvalue weighted by Gasteiger charge is 2.01. The molecule has 1 aromatic carbocycles. The van der Waals surface area contributed by atoms with Crippen molar-refractivity contribution in [1.29, 1.82) is 0 Å². The second-order valence-corrected chi connectivity index (χ2v) is 3.90. The van der Waals surface area contributed by atoms with Gasteiger partial charge in [-0.1, -0.05) is 42.8 Å². The van der Waals surface area contributed by atoms with E-state index in [2.05, 4.69) is 49.8 Å². The average Bonchev–Trinajstić information content (AvgIpc) is 2.27. The van der Waals surface area contributed by atoms with E-state index in [-0.39, 0.29) is 0 Å². The zero-order valence-electron chi connectivity index (χ0n) is 10.4. The molecule has 0 unspecified atom stereocenters. The van der Waals surface area contributed by atoms with Crippen molar-refractivity contribution in [3.63, 3.8) is 0 Å². The average molecular weight is 216 g/mol. The van der Waals surface area contributed by atoms with Gasteiger partial charge in [-0.25, -0.2) is 0 Å². The summed E-state index contributed by atoms with van der Waals surface area (Å²) in [6.07, 6.45) is 2.79. The van der Waals surface area contributed by atoms with Gasteiger partial charge in [0.25, 0.3) is 0 Å². The third kappa shape index (κ3) is 3.54. The van der Waals surface area contributed by atoms with Crippen LogP contribution in [0, 0.1) is 6.92 Å². The van der Waals surface area contributed by atoms with Crippen molar-refractivity contribution in [2.45, 2.75) is 20.3 Å². The monoisotopic (exact) mass is 216 g/mol. The summed E-state index contributed by atoms with van der Waals surface area (Å²) >= 11 is 0. The maximum atomic E-state index is 4.56. The van der Waals surface area contributed by atoms with Gasteiger partial charge >= 0.3 is 0 Å². The van der Waals surface area contributed by atoms with Crippen molar-refractivity contribution >= 4 is 5.71 Å². The lowest BCUT2D eigenvalue weighted by molar-refractivity contribution is 0.394. The van der Waals surface area contributed by atoms with Crippen LogP contribution in [0.5, 0.6) is 0 Å². The van der Waals surface area contributed by atoms with E-state index in [1.54, 1.807) is 0 Å². The molecule has 2 nitrogen and oxygen atoms in total. The van der Waals surface area contributed by atoms with Crippen molar-refractivity contribution < 1.29 is 0 Å². The Morgan fingerprint density at radius 3 is 2.50 bits per heavy atom. The minimum Gasteiger partial charge on any atom is -0.296 e. The molecule has 86 valence electrons. The van der Waals surface area contributed by atoms with E-state index < -0.39 is 0 Å². The second-order valence-electron chi connectivity index (χ2n) is 3.90. The molecular weight excluding hydrogens is 196 g/mol. The Kier molecular flexibility index (Phi) is 4.77. The van der Waals surface area contributed by atoms with Crippen molar-refractivity contribution in [2.24, 2.45) is 5.10 Å². The van der Waals surface area contributed by atoms with E-state index in [1.165, 1.54) is 11.1 Å². The van der Waals surface area contributed by atoms with Crippen LogP contribution < -0.4 is 0 Å². The summed E-state index contributed by atoms with van der Waals surface area (Å²) in [7, 11) is 1.96. The molecule has 0 N–H and O–H groups in total. The Bertz CT molecular complexity index is 363. The number of nitrogens with zero attached hydrogens (tertiary/aromatic N) is 2. The van der Waals surface area contributed by atoms with E-state index in [0.717, 1.165) is 18.7 Å². The van der Waals surface area contributed by atoms with Crippen molar-refractivity contribution in [2.75, 3.05) is 13.6 Å². The fraction of sp³-hybridized carbons (Fsp3) is 0.357. The number of rotatable bonds is 5. The molecule has 0 aliphatic rings. The summed E-state index contributed by atoms with van der Waals surface area (Å²) in [6.45, 7) is 8.70. The van der Waals surface area contributed by atoms with Crippen LogP contribution in [0.4, 0.5) is 0 Å². The Balaban J connectivity index is 2.88. The fourth-order valence-electron chi connectivity index (χ4n) is 1.51. The molecule has 0 spiro atoms. The van der Waals surface area contributed by atoms with Gasteiger partial charge in [-0.2, -0.15) is 5.10 Å². The quantitative estimate of drug-likeness (QED) is 0.419. The van der Waals surface area contributed by atoms with Crippen LogP contribution in [0.3, 0.4) is 0 Å². The van der Waals surface area contributed by atoms with Crippen LogP contribution in [0.15, 0.2) is 42.0 Å². The van der Waals surface area contributed by atoms with Crippen LogP contribution in [0.1, 0.15) is 24.5 Å². The molecule has 0 amide bonds. The van der Waals surface area contributed by atoms with Gasteiger partial charge in [-0.15, -0.1) is 6.58 Å². The van der Waals surface area contributed by atoms with Crippen LogP contribution in [0.2, 0.25) is 0 Å². The molecule has 0 atom stereocenters. The molecule has 0 bridgehead atoms. The molecule has 1 aromatic rings. The van der Waals surface area contributed by atoms with Crippen LogP contribution in [0.25, 0.3) is 0 Å². The predicted molar refractivity (Wildman–Crippen MR) is 70.8 cm³/mol. The van der Waals surface area contributed by atoms with Crippen molar-refractivity contribution in [3.05, 3.63) is 48.0 Å². The van der Waals surface area contributed by atoms with Gasteiger partial charge < -0.3 is 0 Å². The summed E-state index contributed by atoms with van der Waals surface area (Å²) in [5, 5.41) is 6.47. The first-order chi connectivity index (χ1) is 7.67. The van der Waals surface area contributed by atoms with Crippen LogP contribution in [-0.4, -0.2) is 24.3 Å². The maximum absolute atomic E-state index is 4.56. The van der Waals surface area contributed by atoms with E-state index in [0.29, 0.717) is 0 Å².